The topological polar surface area (TPSA) is 130 Å². The van der Waals surface area contributed by atoms with E-state index in [1.165, 1.54) is 6.08 Å². The van der Waals surface area contributed by atoms with Crippen molar-refractivity contribution in [3.8, 4) is 17.3 Å². The Morgan fingerprint density at radius 1 is 1.23 bits per heavy atom. The number of aromatic nitrogens is 4. The summed E-state index contributed by atoms with van der Waals surface area (Å²) >= 11 is 0. The minimum Gasteiger partial charge on any atom is -0.494 e. The Hall–Kier alpha value is -4.29. The number of likely N-dealkylation sites (tertiary alicyclic amines) is 1. The Morgan fingerprint density at radius 3 is 2.86 bits per heavy atom. The van der Waals surface area contributed by atoms with Crippen LogP contribution < -0.4 is 15.8 Å². The van der Waals surface area contributed by atoms with Crippen LogP contribution in [0.3, 0.4) is 0 Å². The first-order valence-electron chi connectivity index (χ1n) is 14.5. The Morgan fingerprint density at radius 2 is 2.07 bits per heavy atom. The molecule has 2 amide bonds. The standard InChI is InChI=1S/C31H36FN7O4/c1-18-23-7-6-19-14-25(39(29(19)35-23)11-8-21(32)17-43-12-9-27(40)34-18)30-36-24-13-20(15-26(42-3)28(24)37(30)2)31(41)38-10-4-5-22(33)16-38/h6-8,13-15,18,22H,4-5,9-12,16-17,33H2,1-3H3,(H,34,40)/b21-8+/t18-,22-/m1/s1. The fourth-order valence-electron chi connectivity index (χ4n) is 5.92. The Balaban J connectivity index is 1.48. The largest absolute Gasteiger partial charge is 0.494 e. The lowest BCUT2D eigenvalue weighted by Gasteiger charge is -2.30. The summed E-state index contributed by atoms with van der Waals surface area (Å²) in [4.78, 5) is 37.4. The number of aryl methyl sites for hydroxylation is 1. The molecule has 3 N–H and O–H groups in total. The summed E-state index contributed by atoms with van der Waals surface area (Å²) in [5.41, 5.74) is 9.97. The lowest BCUT2D eigenvalue weighted by molar-refractivity contribution is -0.122. The number of allylic oxidation sites excluding steroid dienone is 1. The molecule has 2 aliphatic rings. The predicted molar refractivity (Wildman–Crippen MR) is 160 cm³/mol. The number of ether oxygens (including phenoxy) is 2. The van der Waals surface area contributed by atoms with Gasteiger partial charge in [0, 0.05) is 50.1 Å². The van der Waals surface area contributed by atoms with E-state index in [2.05, 4.69) is 5.32 Å². The van der Waals surface area contributed by atoms with E-state index >= 15 is 0 Å². The molecule has 226 valence electrons. The third-order valence-electron chi connectivity index (χ3n) is 8.17. The molecular formula is C31H36FN7O4. The molecule has 0 unspecified atom stereocenters. The predicted octanol–water partition coefficient (Wildman–Crippen LogP) is 3.61. The number of carbonyl (C=O) groups excluding carboxylic acids is 2. The van der Waals surface area contributed by atoms with Gasteiger partial charge in [-0.2, -0.15) is 0 Å². The average Bonchev–Trinajstić information content (AvgIpc) is 3.53. The molecule has 0 spiro atoms. The normalized spacial score (nSPS) is 21.5. The van der Waals surface area contributed by atoms with E-state index in [-0.39, 0.29) is 50.1 Å². The first-order chi connectivity index (χ1) is 20.7. The summed E-state index contributed by atoms with van der Waals surface area (Å²) in [7, 11) is 3.45. The highest BCUT2D eigenvalue weighted by Crippen LogP contribution is 2.35. The quantitative estimate of drug-likeness (QED) is 0.374. The van der Waals surface area contributed by atoms with Crippen molar-refractivity contribution < 1.29 is 23.5 Å². The number of methoxy groups -OCH3 is 1. The molecular weight excluding hydrogens is 553 g/mol. The highest BCUT2D eigenvalue weighted by atomic mass is 19.1. The molecule has 5 heterocycles. The van der Waals surface area contributed by atoms with Crippen molar-refractivity contribution >= 4 is 33.9 Å². The minimum atomic E-state index is -0.443. The van der Waals surface area contributed by atoms with Crippen LogP contribution in [0.25, 0.3) is 33.6 Å². The number of carbonyl (C=O) groups is 2. The third kappa shape index (κ3) is 5.59. The zero-order valence-electron chi connectivity index (χ0n) is 24.6. The van der Waals surface area contributed by atoms with Crippen LogP contribution in [0.15, 0.2) is 42.2 Å². The van der Waals surface area contributed by atoms with Crippen LogP contribution in [0.2, 0.25) is 0 Å². The molecule has 2 aliphatic heterocycles. The van der Waals surface area contributed by atoms with Gasteiger partial charge in [0.05, 0.1) is 43.3 Å². The zero-order valence-corrected chi connectivity index (χ0v) is 24.6. The van der Waals surface area contributed by atoms with Gasteiger partial charge in [0.1, 0.15) is 22.7 Å². The van der Waals surface area contributed by atoms with Crippen molar-refractivity contribution in [2.24, 2.45) is 12.8 Å². The Kier molecular flexibility index (Phi) is 7.89. The molecule has 43 heavy (non-hydrogen) atoms. The van der Waals surface area contributed by atoms with Crippen molar-refractivity contribution in [3.63, 3.8) is 0 Å². The number of hydrogen-bond donors (Lipinski definition) is 2. The maximum Gasteiger partial charge on any atom is 0.254 e. The molecule has 4 aromatic rings. The number of nitrogens with one attached hydrogen (secondary N) is 1. The van der Waals surface area contributed by atoms with E-state index < -0.39 is 5.83 Å². The number of pyridine rings is 1. The van der Waals surface area contributed by atoms with Crippen LogP contribution in [0, 0.1) is 0 Å². The third-order valence-corrected chi connectivity index (χ3v) is 8.17. The van der Waals surface area contributed by atoms with Crippen LogP contribution in [0.5, 0.6) is 5.75 Å². The van der Waals surface area contributed by atoms with Crippen LogP contribution >= 0.6 is 0 Å². The smallest absolute Gasteiger partial charge is 0.254 e. The van der Waals surface area contributed by atoms with Gasteiger partial charge in [0.25, 0.3) is 5.91 Å². The van der Waals surface area contributed by atoms with Crippen molar-refractivity contribution in [2.45, 2.75) is 44.8 Å². The number of nitrogens with two attached hydrogens (primary N) is 1. The van der Waals surface area contributed by atoms with Crippen LogP contribution in [0.4, 0.5) is 4.39 Å². The summed E-state index contributed by atoms with van der Waals surface area (Å²) in [5.74, 6) is 0.382. The summed E-state index contributed by atoms with van der Waals surface area (Å²) in [5, 5.41) is 3.78. The van der Waals surface area contributed by atoms with Gasteiger partial charge in [-0.3, -0.25) is 9.59 Å². The second kappa shape index (κ2) is 11.8. The fourth-order valence-corrected chi connectivity index (χ4v) is 5.92. The summed E-state index contributed by atoms with van der Waals surface area (Å²) in [6, 6.07) is 8.95. The van der Waals surface area contributed by atoms with E-state index in [4.69, 9.17) is 25.2 Å². The van der Waals surface area contributed by atoms with Crippen molar-refractivity contribution in [1.29, 1.82) is 0 Å². The highest BCUT2D eigenvalue weighted by molar-refractivity contribution is 6.00. The Labute approximate surface area is 248 Å². The monoisotopic (exact) mass is 589 g/mol. The molecule has 1 saturated heterocycles. The first kappa shape index (κ1) is 28.8. The molecule has 0 aliphatic carbocycles. The van der Waals surface area contributed by atoms with Gasteiger partial charge >= 0.3 is 0 Å². The molecule has 2 atom stereocenters. The second-order valence-electron chi connectivity index (χ2n) is 11.2. The summed E-state index contributed by atoms with van der Waals surface area (Å²) in [6.07, 6.45) is 3.36. The van der Waals surface area contributed by atoms with Gasteiger partial charge < -0.3 is 34.6 Å². The van der Waals surface area contributed by atoms with Crippen LogP contribution in [-0.2, 0) is 23.1 Å². The minimum absolute atomic E-state index is 0.0339. The zero-order chi connectivity index (χ0) is 30.2. The molecule has 3 aromatic heterocycles. The molecule has 1 aromatic carbocycles. The molecule has 6 rings (SSSR count). The molecule has 2 bridgehead atoms. The number of fused-ring (bicyclic) bond motifs is 2. The van der Waals surface area contributed by atoms with Gasteiger partial charge in [-0.05, 0) is 56.2 Å². The van der Waals surface area contributed by atoms with Gasteiger partial charge in [0.2, 0.25) is 5.91 Å². The van der Waals surface area contributed by atoms with Gasteiger partial charge in [0.15, 0.2) is 5.82 Å². The van der Waals surface area contributed by atoms with E-state index in [1.807, 2.05) is 41.3 Å². The molecule has 1 fully saturated rings. The number of piperidine rings is 1. The maximum atomic E-state index is 14.8. The number of rotatable bonds is 3. The summed E-state index contributed by atoms with van der Waals surface area (Å²) in [6.45, 7) is 3.12. The van der Waals surface area contributed by atoms with E-state index in [9.17, 15) is 14.0 Å². The Bertz CT molecular complexity index is 1740. The van der Waals surface area contributed by atoms with Gasteiger partial charge in [-0.15, -0.1) is 0 Å². The first-order valence-corrected chi connectivity index (χ1v) is 14.5. The number of imidazole rings is 1. The lowest BCUT2D eigenvalue weighted by atomic mass is 10.0. The van der Waals surface area contributed by atoms with Crippen molar-refractivity contribution in [2.75, 3.05) is 33.4 Å². The molecule has 0 radical (unpaired) electrons. The summed E-state index contributed by atoms with van der Waals surface area (Å²) < 4.78 is 29.7. The maximum absolute atomic E-state index is 14.8. The van der Waals surface area contributed by atoms with E-state index in [1.54, 1.807) is 24.1 Å². The van der Waals surface area contributed by atoms with Gasteiger partial charge in [-0.1, -0.05) is 0 Å². The molecule has 12 heteroatoms. The number of hydrogen-bond acceptors (Lipinski definition) is 7. The van der Waals surface area contributed by atoms with Crippen molar-refractivity contribution in [1.82, 2.24) is 29.3 Å². The average molecular weight is 590 g/mol. The van der Waals surface area contributed by atoms with Gasteiger partial charge in [-0.25, -0.2) is 14.4 Å². The SMILES string of the molecule is COc1cc(C(=O)N2CCC[C@@H](N)C2)cc2nc(-c3cc4ccc5nc4n3C/C=C(/F)COCCC(=O)N[C@@H]5C)n(C)c12. The second-order valence-corrected chi connectivity index (χ2v) is 11.2. The lowest BCUT2D eigenvalue weighted by Crippen LogP contribution is -2.45. The van der Waals surface area contributed by atoms with E-state index in [0.717, 1.165) is 23.7 Å². The number of benzene rings is 1. The highest BCUT2D eigenvalue weighted by Gasteiger charge is 2.26. The molecule has 11 nitrogen and oxygen atoms in total. The van der Waals surface area contributed by atoms with Crippen molar-refractivity contribution in [3.05, 3.63) is 53.5 Å². The fraction of sp³-hybridized carbons (Fsp3) is 0.419. The van der Waals surface area contributed by atoms with Crippen LogP contribution in [0.1, 0.15) is 48.3 Å². The number of amides is 2. The van der Waals surface area contributed by atoms with Crippen LogP contribution in [-0.4, -0.2) is 75.3 Å². The number of halogens is 1. The number of nitrogens with zero attached hydrogens (tertiary/aromatic N) is 5. The van der Waals surface area contributed by atoms with E-state index in [0.29, 0.717) is 52.8 Å². The molecule has 0 saturated carbocycles.